The van der Waals surface area contributed by atoms with Crippen molar-refractivity contribution in [2.75, 3.05) is 25.3 Å². The van der Waals surface area contributed by atoms with Gasteiger partial charge in [0.15, 0.2) is 15.6 Å². The number of methoxy groups -OCH3 is 2. The van der Waals surface area contributed by atoms with Gasteiger partial charge in [0.05, 0.1) is 20.0 Å². The number of aromatic nitrogens is 3. The van der Waals surface area contributed by atoms with Crippen molar-refractivity contribution in [3.05, 3.63) is 52.0 Å². The molecule has 1 N–H and O–H groups in total. The minimum atomic E-state index is -0.526. The van der Waals surface area contributed by atoms with Gasteiger partial charge in [0, 0.05) is 17.5 Å². The number of anilines is 1. The van der Waals surface area contributed by atoms with Gasteiger partial charge in [0.25, 0.3) is 0 Å². The van der Waals surface area contributed by atoms with Gasteiger partial charge >= 0.3 is 5.97 Å². The highest BCUT2D eigenvalue weighted by Crippen LogP contribution is 2.37. The van der Waals surface area contributed by atoms with E-state index < -0.39 is 5.97 Å². The normalized spacial score (nSPS) is 10.9. The van der Waals surface area contributed by atoms with Gasteiger partial charge in [-0.3, -0.25) is 9.36 Å². The Labute approximate surface area is 224 Å². The highest BCUT2D eigenvalue weighted by molar-refractivity contribution is 9.10. The molecule has 3 aromatic heterocycles. The third kappa shape index (κ3) is 5.66. The van der Waals surface area contributed by atoms with E-state index in [1.807, 2.05) is 40.3 Å². The Kier molecular flexibility index (Phi) is 8.49. The first kappa shape index (κ1) is 26.0. The first-order valence-electron chi connectivity index (χ1n) is 10.9. The Bertz CT molecular complexity index is 1360. The zero-order valence-electron chi connectivity index (χ0n) is 19.7. The van der Waals surface area contributed by atoms with Gasteiger partial charge in [-0.2, -0.15) is 0 Å². The smallest absolute Gasteiger partial charge is 0.341 e. The number of esters is 1. The lowest BCUT2D eigenvalue weighted by Gasteiger charge is -2.09. The number of amides is 1. The largest absolute Gasteiger partial charge is 0.497 e. The highest BCUT2D eigenvalue weighted by Gasteiger charge is 2.23. The summed E-state index contributed by atoms with van der Waals surface area (Å²) in [6.45, 7) is 2.72. The molecule has 0 bridgehead atoms. The zero-order valence-corrected chi connectivity index (χ0v) is 23.0. The van der Waals surface area contributed by atoms with Crippen LogP contribution >= 0.6 is 39.0 Å². The second-order valence-corrected chi connectivity index (χ2v) is 10.1. The highest BCUT2D eigenvalue weighted by atomic mass is 79.9. The molecule has 0 unspecified atom stereocenters. The van der Waals surface area contributed by atoms with Crippen LogP contribution in [0.5, 0.6) is 5.75 Å². The van der Waals surface area contributed by atoms with Gasteiger partial charge in [-0.05, 0) is 52.2 Å². The number of hydrogen-bond donors (Lipinski definition) is 1. The fourth-order valence-corrected chi connectivity index (χ4v) is 5.51. The maximum atomic E-state index is 12.9. The van der Waals surface area contributed by atoms with Gasteiger partial charge in [0.2, 0.25) is 11.7 Å². The predicted molar refractivity (Wildman–Crippen MR) is 143 cm³/mol. The SMILES string of the molecule is CCCn1c(SCC(=O)Nc2scc(-c3ccc(OC)cc3)c2C(=O)OC)nnc1-c1ccc(Br)o1. The number of thiophene rings is 1. The van der Waals surface area contributed by atoms with Crippen molar-refractivity contribution in [1.82, 2.24) is 14.8 Å². The lowest BCUT2D eigenvalue weighted by Crippen LogP contribution is -2.16. The summed E-state index contributed by atoms with van der Waals surface area (Å²) in [7, 11) is 2.90. The average Bonchev–Trinajstić information content (AvgIpc) is 3.61. The molecular weight excluding hydrogens is 568 g/mol. The van der Waals surface area contributed by atoms with E-state index >= 15 is 0 Å². The summed E-state index contributed by atoms with van der Waals surface area (Å²) in [5.74, 6) is 1.17. The van der Waals surface area contributed by atoms with Crippen LogP contribution < -0.4 is 10.1 Å². The molecule has 4 rings (SSSR count). The van der Waals surface area contributed by atoms with Crippen LogP contribution in [0.15, 0.2) is 56.0 Å². The lowest BCUT2D eigenvalue weighted by atomic mass is 10.0. The van der Waals surface area contributed by atoms with E-state index in [0.29, 0.717) is 49.8 Å². The number of nitrogens with one attached hydrogen (secondary N) is 1. The number of carbonyl (C=O) groups excluding carboxylic acids is 2. The summed E-state index contributed by atoms with van der Waals surface area (Å²) < 4.78 is 18.4. The van der Waals surface area contributed by atoms with Gasteiger partial charge in [-0.15, -0.1) is 21.5 Å². The predicted octanol–water partition coefficient (Wildman–Crippen LogP) is 5.97. The minimum absolute atomic E-state index is 0.0834. The van der Waals surface area contributed by atoms with E-state index in [1.54, 1.807) is 13.2 Å². The van der Waals surface area contributed by atoms with Crippen LogP contribution in [-0.4, -0.2) is 46.6 Å². The third-order valence-corrected chi connectivity index (χ3v) is 7.41. The number of benzene rings is 1. The van der Waals surface area contributed by atoms with Gasteiger partial charge < -0.3 is 19.2 Å². The fraction of sp³-hybridized carbons (Fsp3) is 0.250. The van der Waals surface area contributed by atoms with Crippen LogP contribution in [0.4, 0.5) is 5.00 Å². The second kappa shape index (κ2) is 11.8. The second-order valence-electron chi connectivity index (χ2n) is 7.47. The van der Waals surface area contributed by atoms with Crippen molar-refractivity contribution in [2.45, 2.75) is 25.0 Å². The Balaban J connectivity index is 1.51. The molecule has 0 saturated carbocycles. The Morgan fingerprint density at radius 2 is 1.94 bits per heavy atom. The lowest BCUT2D eigenvalue weighted by molar-refractivity contribution is -0.113. The maximum Gasteiger partial charge on any atom is 0.341 e. The van der Waals surface area contributed by atoms with Crippen LogP contribution in [-0.2, 0) is 16.1 Å². The maximum absolute atomic E-state index is 12.9. The number of hydrogen-bond acceptors (Lipinski definition) is 9. The number of halogens is 1. The summed E-state index contributed by atoms with van der Waals surface area (Å²) in [5, 5.41) is 14.2. The van der Waals surface area contributed by atoms with Crippen LogP contribution in [0.3, 0.4) is 0 Å². The molecular formula is C24H23BrN4O5S2. The van der Waals surface area contributed by atoms with E-state index in [1.165, 1.54) is 30.2 Å². The number of furan rings is 1. The molecule has 0 aliphatic heterocycles. The van der Waals surface area contributed by atoms with Crippen molar-refractivity contribution in [3.63, 3.8) is 0 Å². The molecule has 0 spiro atoms. The van der Waals surface area contributed by atoms with E-state index in [-0.39, 0.29) is 11.7 Å². The topological polar surface area (TPSA) is 108 Å². The summed E-state index contributed by atoms with van der Waals surface area (Å²) >= 11 is 5.83. The molecule has 3 heterocycles. The molecule has 0 saturated heterocycles. The van der Waals surface area contributed by atoms with Crippen molar-refractivity contribution >= 4 is 55.9 Å². The Morgan fingerprint density at radius 3 is 2.58 bits per heavy atom. The molecule has 0 radical (unpaired) electrons. The van der Waals surface area contributed by atoms with Crippen molar-refractivity contribution in [1.29, 1.82) is 0 Å². The molecule has 0 aliphatic carbocycles. The average molecular weight is 592 g/mol. The first-order chi connectivity index (χ1) is 17.4. The molecule has 0 aliphatic rings. The zero-order chi connectivity index (χ0) is 25.7. The van der Waals surface area contributed by atoms with Gasteiger partial charge in [0.1, 0.15) is 16.3 Å². The Hall–Kier alpha value is -3.09. The van der Waals surface area contributed by atoms with Crippen LogP contribution in [0, 0.1) is 0 Å². The van der Waals surface area contributed by atoms with E-state index in [9.17, 15) is 9.59 Å². The number of rotatable bonds is 10. The van der Waals surface area contributed by atoms with E-state index in [2.05, 4.69) is 38.4 Å². The standard InChI is InChI=1S/C24H23BrN4O5S2/c1-4-11-29-21(17-9-10-18(25)34-17)27-28-24(29)36-13-19(30)26-22-20(23(31)33-3)16(12-35-22)14-5-7-15(32-2)8-6-14/h5-10,12H,4,11,13H2,1-3H3,(H,26,30). The fourth-order valence-electron chi connectivity index (χ4n) is 3.47. The van der Waals surface area contributed by atoms with Gasteiger partial charge in [-0.1, -0.05) is 30.8 Å². The van der Waals surface area contributed by atoms with E-state index in [0.717, 1.165) is 12.0 Å². The van der Waals surface area contributed by atoms with Crippen LogP contribution in [0.1, 0.15) is 23.7 Å². The van der Waals surface area contributed by atoms with Crippen molar-refractivity contribution in [2.24, 2.45) is 0 Å². The molecule has 188 valence electrons. The molecule has 0 atom stereocenters. The molecule has 9 nitrogen and oxygen atoms in total. The van der Waals surface area contributed by atoms with Crippen LogP contribution in [0.25, 0.3) is 22.7 Å². The Morgan fingerprint density at radius 1 is 1.17 bits per heavy atom. The quantitative estimate of drug-likeness (QED) is 0.178. The van der Waals surface area contributed by atoms with Crippen LogP contribution in [0.2, 0.25) is 0 Å². The number of nitrogens with zero attached hydrogens (tertiary/aromatic N) is 3. The van der Waals surface area contributed by atoms with Crippen molar-refractivity contribution < 1.29 is 23.5 Å². The number of thioether (sulfide) groups is 1. The number of carbonyl (C=O) groups is 2. The summed E-state index contributed by atoms with van der Waals surface area (Å²) in [6, 6.07) is 10.9. The molecule has 0 fully saturated rings. The summed E-state index contributed by atoms with van der Waals surface area (Å²) in [6.07, 6.45) is 0.860. The molecule has 36 heavy (non-hydrogen) atoms. The molecule has 1 amide bonds. The third-order valence-electron chi connectivity index (χ3n) is 5.12. The van der Waals surface area contributed by atoms with E-state index in [4.69, 9.17) is 13.9 Å². The van der Waals surface area contributed by atoms with Crippen molar-refractivity contribution in [3.8, 4) is 28.5 Å². The number of ether oxygens (including phenoxy) is 2. The molecule has 12 heteroatoms. The first-order valence-corrected chi connectivity index (χ1v) is 13.6. The minimum Gasteiger partial charge on any atom is -0.497 e. The molecule has 1 aromatic carbocycles. The molecule has 4 aromatic rings. The van der Waals surface area contributed by atoms with Gasteiger partial charge in [-0.25, -0.2) is 4.79 Å². The summed E-state index contributed by atoms with van der Waals surface area (Å²) in [4.78, 5) is 25.5. The monoisotopic (exact) mass is 590 g/mol. The summed E-state index contributed by atoms with van der Waals surface area (Å²) in [5.41, 5.74) is 1.80.